The first kappa shape index (κ1) is 18.8. The van der Waals surface area contributed by atoms with Crippen LogP contribution in [0, 0.1) is 13.8 Å². The lowest BCUT2D eigenvalue weighted by molar-refractivity contribution is 0.0235. The number of benzene rings is 1. The molecule has 2 rings (SSSR count). The molecular formula is C20H32N2O2. The van der Waals surface area contributed by atoms with E-state index in [-0.39, 0.29) is 12.1 Å². The standard InChI is InChI=1S/C20H32N2O2/c1-14-7-8-15(2)18(13-14)16(3)21-11-12-22(17-9-10-17)19(23)24-20(4,5)6/h7-8,13,16-17,21H,9-12H2,1-6H3. The third-order valence-electron chi connectivity index (χ3n) is 4.32. The summed E-state index contributed by atoms with van der Waals surface area (Å²) in [5.74, 6) is 0. The summed E-state index contributed by atoms with van der Waals surface area (Å²) < 4.78 is 5.54. The van der Waals surface area contributed by atoms with Gasteiger partial charge in [-0.15, -0.1) is 0 Å². The van der Waals surface area contributed by atoms with E-state index in [4.69, 9.17) is 4.74 Å². The van der Waals surface area contributed by atoms with Gasteiger partial charge in [0.05, 0.1) is 0 Å². The number of hydrogen-bond acceptors (Lipinski definition) is 3. The van der Waals surface area contributed by atoms with Crippen LogP contribution < -0.4 is 5.32 Å². The number of carbonyl (C=O) groups excluding carboxylic acids is 1. The number of ether oxygens (including phenoxy) is 1. The van der Waals surface area contributed by atoms with Gasteiger partial charge in [0.25, 0.3) is 0 Å². The molecule has 4 heteroatoms. The van der Waals surface area contributed by atoms with Crippen LogP contribution >= 0.6 is 0 Å². The largest absolute Gasteiger partial charge is 0.444 e. The van der Waals surface area contributed by atoms with Gasteiger partial charge in [-0.05, 0) is 65.5 Å². The Bertz CT molecular complexity index is 573. The summed E-state index contributed by atoms with van der Waals surface area (Å²) in [5, 5.41) is 3.55. The van der Waals surface area contributed by atoms with Crippen LogP contribution in [0.3, 0.4) is 0 Å². The molecule has 0 bridgehead atoms. The molecule has 0 aromatic heterocycles. The van der Waals surface area contributed by atoms with Gasteiger partial charge in [0.2, 0.25) is 0 Å². The van der Waals surface area contributed by atoms with Crippen LogP contribution in [0.1, 0.15) is 63.3 Å². The molecule has 4 nitrogen and oxygen atoms in total. The van der Waals surface area contributed by atoms with Crippen LogP contribution in [0.25, 0.3) is 0 Å². The number of amides is 1. The van der Waals surface area contributed by atoms with Crippen molar-refractivity contribution < 1.29 is 9.53 Å². The van der Waals surface area contributed by atoms with E-state index >= 15 is 0 Å². The van der Waals surface area contributed by atoms with Crippen molar-refractivity contribution in [3.8, 4) is 0 Å². The lowest BCUT2D eigenvalue weighted by Crippen LogP contribution is -2.42. The normalized spacial score (nSPS) is 15.9. The minimum Gasteiger partial charge on any atom is -0.444 e. The smallest absolute Gasteiger partial charge is 0.410 e. The topological polar surface area (TPSA) is 41.6 Å². The van der Waals surface area contributed by atoms with E-state index in [0.29, 0.717) is 12.6 Å². The highest BCUT2D eigenvalue weighted by Gasteiger charge is 2.34. The van der Waals surface area contributed by atoms with Gasteiger partial charge in [-0.3, -0.25) is 0 Å². The van der Waals surface area contributed by atoms with E-state index in [1.54, 1.807) is 0 Å². The highest BCUT2D eigenvalue weighted by molar-refractivity contribution is 5.69. The van der Waals surface area contributed by atoms with Crippen molar-refractivity contribution in [2.75, 3.05) is 13.1 Å². The fourth-order valence-electron chi connectivity index (χ4n) is 2.87. The van der Waals surface area contributed by atoms with Gasteiger partial charge in [0.1, 0.15) is 5.60 Å². The van der Waals surface area contributed by atoms with Crippen LogP contribution in [-0.4, -0.2) is 35.7 Å². The quantitative estimate of drug-likeness (QED) is 0.842. The predicted molar refractivity (Wildman–Crippen MR) is 98.3 cm³/mol. The van der Waals surface area contributed by atoms with Gasteiger partial charge in [-0.25, -0.2) is 4.79 Å². The number of aryl methyl sites for hydroxylation is 2. The summed E-state index contributed by atoms with van der Waals surface area (Å²) in [6.45, 7) is 13.6. The van der Waals surface area contributed by atoms with E-state index in [9.17, 15) is 4.79 Å². The van der Waals surface area contributed by atoms with Gasteiger partial charge in [0, 0.05) is 25.2 Å². The van der Waals surface area contributed by atoms with Crippen molar-refractivity contribution in [1.82, 2.24) is 10.2 Å². The SMILES string of the molecule is Cc1ccc(C)c(C(C)NCCN(C(=O)OC(C)(C)C)C2CC2)c1. The van der Waals surface area contributed by atoms with Gasteiger partial charge in [0.15, 0.2) is 0 Å². The molecule has 1 N–H and O–H groups in total. The lowest BCUT2D eigenvalue weighted by Gasteiger charge is -2.28. The van der Waals surface area contributed by atoms with Gasteiger partial charge in [-0.2, -0.15) is 0 Å². The average molecular weight is 332 g/mol. The Hall–Kier alpha value is -1.55. The second kappa shape index (κ2) is 7.56. The maximum atomic E-state index is 12.4. The van der Waals surface area contributed by atoms with Crippen molar-refractivity contribution in [1.29, 1.82) is 0 Å². The second-order valence-corrected chi connectivity index (χ2v) is 7.94. The summed E-state index contributed by atoms with van der Waals surface area (Å²) in [6.07, 6.45) is 1.99. The first-order chi connectivity index (χ1) is 11.2. The van der Waals surface area contributed by atoms with E-state index in [2.05, 4.69) is 44.3 Å². The van der Waals surface area contributed by atoms with E-state index in [1.165, 1.54) is 16.7 Å². The van der Waals surface area contributed by atoms with Crippen LogP contribution in [0.5, 0.6) is 0 Å². The van der Waals surface area contributed by atoms with Crippen LogP contribution in [0.4, 0.5) is 4.79 Å². The number of nitrogens with zero attached hydrogens (tertiary/aromatic N) is 1. The monoisotopic (exact) mass is 332 g/mol. The van der Waals surface area contributed by atoms with E-state index in [0.717, 1.165) is 19.4 Å². The summed E-state index contributed by atoms with van der Waals surface area (Å²) in [4.78, 5) is 14.2. The molecule has 1 atom stereocenters. The molecular weight excluding hydrogens is 300 g/mol. The molecule has 0 heterocycles. The molecule has 1 amide bonds. The lowest BCUT2D eigenvalue weighted by atomic mass is 10.00. The van der Waals surface area contributed by atoms with Crippen molar-refractivity contribution in [2.24, 2.45) is 0 Å². The Morgan fingerprint density at radius 2 is 2.00 bits per heavy atom. The number of carbonyl (C=O) groups is 1. The highest BCUT2D eigenvalue weighted by Crippen LogP contribution is 2.28. The molecule has 1 aliphatic rings. The first-order valence-corrected chi connectivity index (χ1v) is 8.97. The summed E-state index contributed by atoms with van der Waals surface area (Å²) in [5.41, 5.74) is 3.46. The molecule has 1 aliphatic carbocycles. The van der Waals surface area contributed by atoms with Crippen LogP contribution in [0.2, 0.25) is 0 Å². The molecule has 1 aromatic carbocycles. The Morgan fingerprint density at radius 3 is 2.58 bits per heavy atom. The number of rotatable bonds is 6. The molecule has 0 spiro atoms. The third kappa shape index (κ3) is 5.52. The molecule has 134 valence electrons. The zero-order valence-electron chi connectivity index (χ0n) is 16.0. The van der Waals surface area contributed by atoms with Gasteiger partial charge < -0.3 is 15.0 Å². The van der Waals surface area contributed by atoms with E-state index in [1.807, 2.05) is 25.7 Å². The molecule has 24 heavy (non-hydrogen) atoms. The molecule has 1 aromatic rings. The Kier molecular flexibility index (Phi) is 5.92. The van der Waals surface area contributed by atoms with E-state index < -0.39 is 5.60 Å². The predicted octanol–water partition coefficient (Wildman–Crippen LogP) is 4.35. The summed E-state index contributed by atoms with van der Waals surface area (Å²) in [6, 6.07) is 7.17. The third-order valence-corrected chi connectivity index (χ3v) is 4.32. The molecule has 0 saturated heterocycles. The Labute approximate surface area is 146 Å². The summed E-state index contributed by atoms with van der Waals surface area (Å²) in [7, 11) is 0. The maximum Gasteiger partial charge on any atom is 0.410 e. The molecule has 1 saturated carbocycles. The molecule has 1 unspecified atom stereocenters. The number of hydrogen-bond donors (Lipinski definition) is 1. The van der Waals surface area contributed by atoms with Crippen LogP contribution in [-0.2, 0) is 4.74 Å². The zero-order chi connectivity index (χ0) is 17.9. The fourth-order valence-corrected chi connectivity index (χ4v) is 2.87. The van der Waals surface area contributed by atoms with Crippen LogP contribution in [0.15, 0.2) is 18.2 Å². The Morgan fingerprint density at radius 1 is 1.33 bits per heavy atom. The molecule has 0 aliphatic heterocycles. The fraction of sp³-hybridized carbons (Fsp3) is 0.650. The minimum atomic E-state index is -0.441. The molecule has 1 fully saturated rings. The second-order valence-electron chi connectivity index (χ2n) is 7.94. The highest BCUT2D eigenvalue weighted by atomic mass is 16.6. The van der Waals surface area contributed by atoms with Crippen molar-refractivity contribution in [2.45, 2.75) is 72.1 Å². The summed E-state index contributed by atoms with van der Waals surface area (Å²) >= 11 is 0. The first-order valence-electron chi connectivity index (χ1n) is 8.97. The van der Waals surface area contributed by atoms with Crippen molar-refractivity contribution in [3.05, 3.63) is 34.9 Å². The maximum absolute atomic E-state index is 12.4. The van der Waals surface area contributed by atoms with Gasteiger partial charge in [-0.1, -0.05) is 23.8 Å². The minimum absolute atomic E-state index is 0.189. The Balaban J connectivity index is 1.88. The van der Waals surface area contributed by atoms with Crippen molar-refractivity contribution in [3.63, 3.8) is 0 Å². The van der Waals surface area contributed by atoms with Gasteiger partial charge >= 0.3 is 6.09 Å². The zero-order valence-corrected chi connectivity index (χ0v) is 16.0. The number of nitrogens with one attached hydrogen (secondary N) is 1. The molecule has 0 radical (unpaired) electrons. The average Bonchev–Trinajstić information content (AvgIpc) is 3.28. The van der Waals surface area contributed by atoms with Crippen molar-refractivity contribution >= 4 is 6.09 Å².